The van der Waals surface area contributed by atoms with Gasteiger partial charge in [-0.05, 0) is 32.6 Å². The quantitative estimate of drug-likeness (QED) is 0.766. The summed E-state index contributed by atoms with van der Waals surface area (Å²) in [4.78, 5) is 13.7. The highest BCUT2D eigenvalue weighted by atomic mass is 16.7. The molecule has 2 fully saturated rings. The Hall–Kier alpha value is -0.850. The number of carbonyl (C=O) groups is 1. The number of methoxy groups -OCH3 is 2. The second-order valence-corrected chi connectivity index (χ2v) is 6.55. The molecule has 1 aliphatic heterocycles. The molecule has 1 saturated heterocycles. The van der Waals surface area contributed by atoms with Crippen molar-refractivity contribution < 1.29 is 19.0 Å². The number of nitrogens with zero attached hydrogens (tertiary/aromatic N) is 1. The molecule has 2 atom stereocenters. The van der Waals surface area contributed by atoms with E-state index in [0.717, 1.165) is 13.1 Å². The molecule has 1 amide bonds. The van der Waals surface area contributed by atoms with Crippen molar-refractivity contribution in [2.45, 2.75) is 38.7 Å². The molecule has 1 saturated carbocycles. The number of likely N-dealkylation sites (tertiary alicyclic amines) is 1. The van der Waals surface area contributed by atoms with Crippen LogP contribution in [-0.4, -0.2) is 62.8 Å². The summed E-state index contributed by atoms with van der Waals surface area (Å²) in [5, 5.41) is 3.44. The van der Waals surface area contributed by atoms with Crippen LogP contribution in [0.3, 0.4) is 0 Å². The molecule has 0 aromatic heterocycles. The van der Waals surface area contributed by atoms with Gasteiger partial charge in [0, 0.05) is 39.9 Å². The van der Waals surface area contributed by atoms with Gasteiger partial charge in [-0.15, -0.1) is 0 Å². The van der Waals surface area contributed by atoms with Crippen LogP contribution in [0.4, 0.5) is 4.79 Å². The third-order valence-corrected chi connectivity index (χ3v) is 3.89. The third kappa shape index (κ3) is 3.62. The average Bonchev–Trinajstić information content (AvgIpc) is 2.82. The number of amides is 1. The molecule has 1 heterocycles. The lowest BCUT2D eigenvalue weighted by atomic mass is 10.2. The number of piperidine rings is 1. The molecule has 2 rings (SSSR count). The van der Waals surface area contributed by atoms with E-state index in [2.05, 4.69) is 5.32 Å². The van der Waals surface area contributed by atoms with Crippen LogP contribution < -0.4 is 5.32 Å². The second kappa shape index (κ2) is 5.87. The van der Waals surface area contributed by atoms with Gasteiger partial charge in [0.25, 0.3) is 0 Å². The number of carbonyl (C=O) groups excluding carboxylic acids is 1. The van der Waals surface area contributed by atoms with Crippen molar-refractivity contribution in [2.75, 3.05) is 33.9 Å². The van der Waals surface area contributed by atoms with Gasteiger partial charge in [-0.2, -0.15) is 0 Å². The number of hydrogen-bond donors (Lipinski definition) is 1. The molecular weight excluding hydrogens is 260 g/mol. The summed E-state index contributed by atoms with van der Waals surface area (Å²) >= 11 is 0. The molecule has 0 aromatic rings. The van der Waals surface area contributed by atoms with Crippen LogP contribution in [0.2, 0.25) is 0 Å². The van der Waals surface area contributed by atoms with Gasteiger partial charge >= 0.3 is 6.09 Å². The lowest BCUT2D eigenvalue weighted by Crippen LogP contribution is -2.40. The molecule has 6 heteroatoms. The van der Waals surface area contributed by atoms with Crippen LogP contribution in [-0.2, 0) is 14.2 Å². The third-order valence-electron chi connectivity index (χ3n) is 3.89. The predicted octanol–water partition coefficient (Wildman–Crippen LogP) is 1.06. The molecule has 6 nitrogen and oxygen atoms in total. The molecule has 116 valence electrons. The maximum absolute atomic E-state index is 11.9. The van der Waals surface area contributed by atoms with E-state index in [1.165, 1.54) is 0 Å². The summed E-state index contributed by atoms with van der Waals surface area (Å²) in [5.74, 6) is 1.08. The summed E-state index contributed by atoms with van der Waals surface area (Å²) in [7, 11) is 3.27. The molecule has 20 heavy (non-hydrogen) atoms. The first kappa shape index (κ1) is 15.5. The van der Waals surface area contributed by atoms with Crippen molar-refractivity contribution in [2.24, 2.45) is 11.8 Å². The zero-order chi connectivity index (χ0) is 14.9. The fourth-order valence-corrected chi connectivity index (χ4v) is 2.80. The van der Waals surface area contributed by atoms with Gasteiger partial charge in [0.1, 0.15) is 5.60 Å². The van der Waals surface area contributed by atoms with Crippen LogP contribution in [0.1, 0.15) is 20.8 Å². The van der Waals surface area contributed by atoms with E-state index >= 15 is 0 Å². The zero-order valence-corrected chi connectivity index (χ0v) is 13.0. The molecule has 0 radical (unpaired) electrons. The van der Waals surface area contributed by atoms with Crippen molar-refractivity contribution in [3.05, 3.63) is 0 Å². The smallest absolute Gasteiger partial charge is 0.410 e. The van der Waals surface area contributed by atoms with Gasteiger partial charge in [-0.1, -0.05) is 0 Å². The lowest BCUT2D eigenvalue weighted by molar-refractivity contribution is -0.0992. The molecule has 2 unspecified atom stereocenters. The Morgan fingerprint density at radius 2 is 1.80 bits per heavy atom. The zero-order valence-electron chi connectivity index (χ0n) is 13.0. The van der Waals surface area contributed by atoms with Crippen molar-refractivity contribution in [1.29, 1.82) is 0 Å². The Morgan fingerprint density at radius 1 is 1.25 bits per heavy atom. The van der Waals surface area contributed by atoms with E-state index < -0.39 is 5.60 Å². The van der Waals surface area contributed by atoms with Crippen LogP contribution in [0.15, 0.2) is 0 Å². The van der Waals surface area contributed by atoms with Gasteiger partial charge in [0.05, 0.1) is 0 Å². The Kier molecular flexibility index (Phi) is 4.56. The highest BCUT2D eigenvalue weighted by molar-refractivity contribution is 5.69. The van der Waals surface area contributed by atoms with Crippen molar-refractivity contribution in [1.82, 2.24) is 10.2 Å². The average molecular weight is 286 g/mol. The number of nitrogens with one attached hydrogen (secondary N) is 1. The van der Waals surface area contributed by atoms with E-state index in [1.54, 1.807) is 14.2 Å². The minimum absolute atomic E-state index is 0.199. The molecular formula is C14H26N2O4. The maximum Gasteiger partial charge on any atom is 0.410 e. The van der Waals surface area contributed by atoms with Crippen molar-refractivity contribution >= 4 is 6.09 Å². The van der Waals surface area contributed by atoms with Crippen molar-refractivity contribution in [3.63, 3.8) is 0 Å². The predicted molar refractivity (Wildman–Crippen MR) is 74.4 cm³/mol. The Bertz CT molecular complexity index is 340. The van der Waals surface area contributed by atoms with Crippen LogP contribution in [0.25, 0.3) is 0 Å². The Morgan fingerprint density at radius 3 is 2.25 bits per heavy atom. The molecule has 0 bridgehead atoms. The molecule has 1 aliphatic carbocycles. The van der Waals surface area contributed by atoms with Crippen LogP contribution in [0.5, 0.6) is 0 Å². The lowest BCUT2D eigenvalue weighted by Gasteiger charge is -2.26. The van der Waals surface area contributed by atoms with E-state index in [4.69, 9.17) is 14.2 Å². The standard InChI is InChI=1S/C14H26N2O4/c1-14(2,3)20-13(17)16-7-9-10(8-16)12(9)15-6-11(18-4)19-5/h9-12,15H,6-8H2,1-5H3. The monoisotopic (exact) mass is 286 g/mol. The van der Waals surface area contributed by atoms with Gasteiger partial charge in [0.15, 0.2) is 6.29 Å². The summed E-state index contributed by atoms with van der Waals surface area (Å²) in [6, 6.07) is 0.474. The normalized spacial score (nSPS) is 28.7. The number of ether oxygens (including phenoxy) is 3. The van der Waals surface area contributed by atoms with Gasteiger partial charge in [0.2, 0.25) is 0 Å². The fraction of sp³-hybridized carbons (Fsp3) is 0.929. The minimum Gasteiger partial charge on any atom is -0.444 e. The van der Waals surface area contributed by atoms with Gasteiger partial charge in [-0.3, -0.25) is 0 Å². The van der Waals surface area contributed by atoms with Crippen LogP contribution in [0, 0.1) is 11.8 Å². The summed E-state index contributed by atoms with van der Waals surface area (Å²) < 4.78 is 15.7. The first-order valence-corrected chi connectivity index (χ1v) is 7.12. The van der Waals surface area contributed by atoms with Gasteiger partial charge < -0.3 is 24.4 Å². The highest BCUT2D eigenvalue weighted by Gasteiger charge is 2.57. The SMILES string of the molecule is COC(CNC1C2CN(C(=O)OC(C)(C)C)CC21)OC. The summed E-state index contributed by atoms with van der Waals surface area (Å²) in [5.41, 5.74) is -0.425. The maximum atomic E-state index is 11.9. The van der Waals surface area contributed by atoms with Crippen molar-refractivity contribution in [3.8, 4) is 0 Å². The Balaban J connectivity index is 1.70. The number of rotatable bonds is 5. The van der Waals surface area contributed by atoms with E-state index in [-0.39, 0.29) is 12.4 Å². The fourth-order valence-electron chi connectivity index (χ4n) is 2.80. The first-order chi connectivity index (χ1) is 9.35. The molecule has 2 aliphatic rings. The van der Waals surface area contributed by atoms with Gasteiger partial charge in [-0.25, -0.2) is 4.79 Å². The topological polar surface area (TPSA) is 60.0 Å². The second-order valence-electron chi connectivity index (χ2n) is 6.55. The minimum atomic E-state index is -0.425. The summed E-state index contributed by atoms with van der Waals surface area (Å²) in [6.45, 7) is 7.91. The van der Waals surface area contributed by atoms with E-state index in [0.29, 0.717) is 24.4 Å². The first-order valence-electron chi connectivity index (χ1n) is 7.12. The Labute approximate surface area is 120 Å². The van der Waals surface area contributed by atoms with E-state index in [1.807, 2.05) is 25.7 Å². The van der Waals surface area contributed by atoms with Crippen LogP contribution >= 0.6 is 0 Å². The molecule has 1 N–H and O–H groups in total. The largest absolute Gasteiger partial charge is 0.444 e. The molecule has 0 aromatic carbocycles. The number of hydrogen-bond acceptors (Lipinski definition) is 5. The molecule has 0 spiro atoms. The number of fused-ring (bicyclic) bond motifs is 1. The highest BCUT2D eigenvalue weighted by Crippen LogP contribution is 2.45. The van der Waals surface area contributed by atoms with E-state index in [9.17, 15) is 4.79 Å². The summed E-state index contributed by atoms with van der Waals surface area (Å²) in [6.07, 6.45) is -0.409.